The fourth-order valence-corrected chi connectivity index (χ4v) is 3.74. The Labute approximate surface area is 205 Å². The summed E-state index contributed by atoms with van der Waals surface area (Å²) in [4.78, 5) is 35.7. The third-order valence-corrected chi connectivity index (χ3v) is 5.70. The molecule has 0 spiro atoms. The van der Waals surface area contributed by atoms with Crippen molar-refractivity contribution in [3.63, 3.8) is 0 Å². The van der Waals surface area contributed by atoms with Crippen LogP contribution >= 0.6 is 0 Å². The Morgan fingerprint density at radius 3 is 1.66 bits per heavy atom. The lowest BCUT2D eigenvalue weighted by Crippen LogP contribution is -2.30. The Hall–Kier alpha value is -3.39. The molecule has 188 valence electrons. The summed E-state index contributed by atoms with van der Waals surface area (Å²) >= 11 is 0. The predicted molar refractivity (Wildman–Crippen MR) is 127 cm³/mol. The highest BCUT2D eigenvalue weighted by Gasteiger charge is 2.32. The Kier molecular flexibility index (Phi) is 10.1. The van der Waals surface area contributed by atoms with Crippen molar-refractivity contribution in [2.24, 2.45) is 11.8 Å². The Bertz CT molecular complexity index is 960. The lowest BCUT2D eigenvalue weighted by Gasteiger charge is -2.25. The minimum absolute atomic E-state index is 0.206. The topological polar surface area (TPSA) is 97.4 Å². The average molecular weight is 485 g/mol. The first-order valence-corrected chi connectivity index (χ1v) is 11.8. The van der Waals surface area contributed by atoms with E-state index in [1.54, 1.807) is 36.4 Å². The molecule has 0 aromatic heterocycles. The fourth-order valence-electron chi connectivity index (χ4n) is 3.74. The minimum Gasteiger partial charge on any atom is -0.491 e. The van der Waals surface area contributed by atoms with E-state index in [9.17, 15) is 14.4 Å². The van der Waals surface area contributed by atoms with E-state index in [1.807, 2.05) is 19.1 Å². The van der Waals surface area contributed by atoms with E-state index < -0.39 is 0 Å². The number of carbonyl (C=O) groups excluding carboxylic acids is 3. The van der Waals surface area contributed by atoms with Gasteiger partial charge in [-0.1, -0.05) is 17.7 Å². The summed E-state index contributed by atoms with van der Waals surface area (Å²) in [6.45, 7) is 4.56. The van der Waals surface area contributed by atoms with Crippen molar-refractivity contribution in [2.75, 3.05) is 26.4 Å². The summed E-state index contributed by atoms with van der Waals surface area (Å²) in [5.74, 6) is 0.303. The van der Waals surface area contributed by atoms with Crippen LogP contribution in [-0.2, 0) is 23.9 Å². The summed E-state index contributed by atoms with van der Waals surface area (Å²) in [5, 5.41) is 0. The zero-order valence-electron chi connectivity index (χ0n) is 20.2. The normalized spacial score (nSPS) is 17.3. The molecule has 2 aromatic rings. The lowest BCUT2D eigenvalue weighted by atomic mass is 9.82. The van der Waals surface area contributed by atoms with E-state index >= 15 is 0 Å². The molecular formula is C27H32O8. The Balaban J connectivity index is 1.34. The molecule has 0 amide bonds. The third-order valence-electron chi connectivity index (χ3n) is 5.70. The van der Waals surface area contributed by atoms with Crippen LogP contribution in [0.15, 0.2) is 48.5 Å². The maximum Gasteiger partial charge on any atom is 0.314 e. The lowest BCUT2D eigenvalue weighted by molar-refractivity contribution is -0.145. The SMILES string of the molecule is CC(=O)OCCOCCOc1ccc(OC(=O)C2CCC(C(=O)Oc3ccc(C)cc3)CC2)cc1. The van der Waals surface area contributed by atoms with Crippen molar-refractivity contribution in [2.45, 2.75) is 39.5 Å². The molecule has 0 atom stereocenters. The van der Waals surface area contributed by atoms with Crippen molar-refractivity contribution in [3.8, 4) is 17.2 Å². The summed E-state index contributed by atoms with van der Waals surface area (Å²) in [5.41, 5.74) is 1.10. The highest BCUT2D eigenvalue weighted by atomic mass is 16.6. The van der Waals surface area contributed by atoms with Gasteiger partial charge in [-0.15, -0.1) is 0 Å². The van der Waals surface area contributed by atoms with Gasteiger partial charge in [-0.2, -0.15) is 0 Å². The van der Waals surface area contributed by atoms with Gasteiger partial charge >= 0.3 is 17.9 Å². The molecule has 0 N–H and O–H groups in total. The zero-order valence-corrected chi connectivity index (χ0v) is 20.2. The van der Waals surface area contributed by atoms with Gasteiger partial charge in [-0.25, -0.2) is 0 Å². The molecule has 8 heteroatoms. The molecule has 0 bridgehead atoms. The number of aryl methyl sites for hydroxylation is 1. The minimum atomic E-state index is -0.336. The number of hydrogen-bond donors (Lipinski definition) is 0. The van der Waals surface area contributed by atoms with Crippen LogP contribution < -0.4 is 14.2 Å². The van der Waals surface area contributed by atoms with Crippen LogP contribution in [0.3, 0.4) is 0 Å². The van der Waals surface area contributed by atoms with E-state index in [1.165, 1.54) is 6.92 Å². The third kappa shape index (κ3) is 9.05. The molecule has 0 radical (unpaired) electrons. The first-order valence-electron chi connectivity index (χ1n) is 11.8. The number of ether oxygens (including phenoxy) is 5. The molecule has 8 nitrogen and oxygen atoms in total. The van der Waals surface area contributed by atoms with E-state index in [4.69, 9.17) is 23.7 Å². The highest BCUT2D eigenvalue weighted by Crippen LogP contribution is 2.31. The van der Waals surface area contributed by atoms with Gasteiger partial charge in [-0.05, 0) is 69.0 Å². The van der Waals surface area contributed by atoms with Crippen LogP contribution in [0.5, 0.6) is 17.2 Å². The fraction of sp³-hybridized carbons (Fsp3) is 0.444. The zero-order chi connectivity index (χ0) is 25.0. The Morgan fingerprint density at radius 2 is 1.14 bits per heavy atom. The van der Waals surface area contributed by atoms with Crippen LogP contribution in [0.25, 0.3) is 0 Å². The molecule has 0 saturated heterocycles. The second-order valence-corrected chi connectivity index (χ2v) is 8.48. The molecule has 1 aliphatic rings. The van der Waals surface area contributed by atoms with Crippen LogP contribution in [0, 0.1) is 18.8 Å². The van der Waals surface area contributed by atoms with Gasteiger partial charge in [0, 0.05) is 6.92 Å². The molecule has 0 aliphatic heterocycles. The smallest absolute Gasteiger partial charge is 0.314 e. The maximum absolute atomic E-state index is 12.6. The summed E-state index contributed by atoms with van der Waals surface area (Å²) in [6, 6.07) is 14.2. The van der Waals surface area contributed by atoms with E-state index in [0.717, 1.165) is 5.56 Å². The van der Waals surface area contributed by atoms with Gasteiger partial charge in [0.2, 0.25) is 0 Å². The van der Waals surface area contributed by atoms with Gasteiger partial charge in [0.1, 0.15) is 30.5 Å². The second-order valence-electron chi connectivity index (χ2n) is 8.48. The predicted octanol–water partition coefficient (Wildman–Crippen LogP) is 4.27. The van der Waals surface area contributed by atoms with Crippen molar-refractivity contribution >= 4 is 17.9 Å². The van der Waals surface area contributed by atoms with Gasteiger partial charge in [0.25, 0.3) is 0 Å². The number of rotatable bonds is 11. The van der Waals surface area contributed by atoms with Crippen molar-refractivity contribution in [1.82, 2.24) is 0 Å². The average Bonchev–Trinajstić information content (AvgIpc) is 2.85. The van der Waals surface area contributed by atoms with Gasteiger partial charge in [0.05, 0.1) is 25.0 Å². The highest BCUT2D eigenvalue weighted by molar-refractivity contribution is 5.77. The van der Waals surface area contributed by atoms with Crippen LogP contribution in [0.2, 0.25) is 0 Å². The standard InChI is InChI=1S/C27H32O8/c1-19-3-9-24(10-4-19)34-26(29)21-5-7-22(8-6-21)27(30)35-25-13-11-23(12-14-25)33-18-16-31-15-17-32-20(2)28/h3-4,9-14,21-22H,5-8,15-18H2,1-2H3. The van der Waals surface area contributed by atoms with Gasteiger partial charge in [0.15, 0.2) is 0 Å². The first-order chi connectivity index (χ1) is 16.9. The summed E-state index contributed by atoms with van der Waals surface area (Å²) < 4.78 is 26.7. The van der Waals surface area contributed by atoms with Crippen molar-refractivity contribution < 1.29 is 38.1 Å². The van der Waals surface area contributed by atoms with Crippen molar-refractivity contribution in [3.05, 3.63) is 54.1 Å². The maximum atomic E-state index is 12.6. The molecule has 3 rings (SSSR count). The molecule has 1 fully saturated rings. The summed E-state index contributed by atoms with van der Waals surface area (Å²) in [6.07, 6.45) is 2.37. The van der Waals surface area contributed by atoms with E-state index in [0.29, 0.717) is 62.8 Å². The molecule has 1 saturated carbocycles. The Morgan fingerprint density at radius 1 is 0.686 bits per heavy atom. The van der Waals surface area contributed by atoms with Gasteiger partial charge < -0.3 is 23.7 Å². The first kappa shape index (κ1) is 26.2. The number of benzene rings is 2. The monoisotopic (exact) mass is 484 g/mol. The van der Waals surface area contributed by atoms with Crippen LogP contribution in [-0.4, -0.2) is 44.3 Å². The number of carbonyl (C=O) groups is 3. The molecular weight excluding hydrogens is 452 g/mol. The summed E-state index contributed by atoms with van der Waals surface area (Å²) in [7, 11) is 0. The molecule has 2 aromatic carbocycles. The number of esters is 3. The number of hydrogen-bond acceptors (Lipinski definition) is 8. The second kappa shape index (κ2) is 13.5. The molecule has 1 aliphatic carbocycles. The van der Waals surface area contributed by atoms with Crippen molar-refractivity contribution in [1.29, 1.82) is 0 Å². The quantitative estimate of drug-likeness (QED) is 0.265. The van der Waals surface area contributed by atoms with E-state index in [-0.39, 0.29) is 36.4 Å². The molecule has 0 heterocycles. The van der Waals surface area contributed by atoms with Crippen LogP contribution in [0.1, 0.15) is 38.2 Å². The van der Waals surface area contributed by atoms with Gasteiger partial charge in [-0.3, -0.25) is 14.4 Å². The largest absolute Gasteiger partial charge is 0.491 e. The molecule has 35 heavy (non-hydrogen) atoms. The van der Waals surface area contributed by atoms with Crippen LogP contribution in [0.4, 0.5) is 0 Å². The van der Waals surface area contributed by atoms with E-state index in [2.05, 4.69) is 0 Å². The molecule has 0 unspecified atom stereocenters.